The highest BCUT2D eigenvalue weighted by Crippen LogP contribution is 2.34. The van der Waals surface area contributed by atoms with Crippen LogP contribution in [-0.4, -0.2) is 18.3 Å². The van der Waals surface area contributed by atoms with Crippen molar-refractivity contribution in [2.45, 2.75) is 19.4 Å². The number of aliphatic hydroxyl groups excluding tert-OH is 1. The van der Waals surface area contributed by atoms with Crippen LogP contribution in [0, 0.1) is 5.92 Å². The Morgan fingerprint density at radius 1 is 1.05 bits per heavy atom. The van der Waals surface area contributed by atoms with Crippen molar-refractivity contribution in [3.05, 3.63) is 70.8 Å². The fraction of sp³-hybridized carbons (Fsp3) is 0.333. The van der Waals surface area contributed by atoms with E-state index in [1.807, 2.05) is 0 Å². The third kappa shape index (κ3) is 2.49. The second-order valence-electron chi connectivity index (χ2n) is 5.70. The van der Waals surface area contributed by atoms with Gasteiger partial charge in [-0.3, -0.25) is 0 Å². The summed E-state index contributed by atoms with van der Waals surface area (Å²) in [5.41, 5.74) is 5.55. The van der Waals surface area contributed by atoms with Crippen LogP contribution in [0.2, 0.25) is 0 Å². The van der Waals surface area contributed by atoms with Crippen LogP contribution < -0.4 is 5.32 Å². The highest BCUT2D eigenvalue weighted by molar-refractivity contribution is 5.48. The van der Waals surface area contributed by atoms with Crippen LogP contribution in [0.25, 0.3) is 0 Å². The fourth-order valence-electron chi connectivity index (χ4n) is 2.93. The van der Waals surface area contributed by atoms with Gasteiger partial charge in [0.1, 0.15) is 0 Å². The summed E-state index contributed by atoms with van der Waals surface area (Å²) < 4.78 is 0. The van der Waals surface area contributed by atoms with Crippen LogP contribution in [0.1, 0.15) is 35.2 Å². The number of fused-ring (bicyclic) bond motifs is 2. The third-order valence-electron chi connectivity index (χ3n) is 4.10. The molecule has 0 fully saturated rings. The molecule has 0 saturated heterocycles. The molecule has 3 rings (SSSR count). The molecule has 1 aliphatic rings. The van der Waals surface area contributed by atoms with Gasteiger partial charge in [0.05, 0.1) is 6.04 Å². The zero-order valence-corrected chi connectivity index (χ0v) is 11.8. The lowest BCUT2D eigenvalue weighted by Gasteiger charge is -2.30. The molecule has 0 amide bonds. The number of rotatable bonds is 4. The summed E-state index contributed by atoms with van der Waals surface area (Å²) in [4.78, 5) is 0. The van der Waals surface area contributed by atoms with E-state index in [1.54, 1.807) is 0 Å². The molecule has 0 spiro atoms. The van der Waals surface area contributed by atoms with E-state index >= 15 is 0 Å². The Bertz CT molecular complexity index is 548. The lowest BCUT2D eigenvalue weighted by molar-refractivity contribution is 0.231. The van der Waals surface area contributed by atoms with Gasteiger partial charge < -0.3 is 10.4 Å². The molecule has 0 bridgehead atoms. The number of hydrogen-bond donors (Lipinski definition) is 2. The predicted molar refractivity (Wildman–Crippen MR) is 81.8 cm³/mol. The quantitative estimate of drug-likeness (QED) is 0.892. The molecule has 0 aliphatic heterocycles. The van der Waals surface area contributed by atoms with Gasteiger partial charge in [-0.1, -0.05) is 55.5 Å². The van der Waals surface area contributed by atoms with E-state index in [2.05, 4.69) is 60.8 Å². The second kappa shape index (κ2) is 5.78. The standard InChI is InChI=1S/C18H21NO/c1-13(12-20)11-19-18-16-8-4-2-6-14(16)10-15-7-3-5-9-17(15)18/h2-9,13,18-20H,10-12H2,1H3. The van der Waals surface area contributed by atoms with Crippen molar-refractivity contribution in [2.24, 2.45) is 5.92 Å². The lowest BCUT2D eigenvalue weighted by atomic mass is 9.82. The van der Waals surface area contributed by atoms with Gasteiger partial charge in [-0.25, -0.2) is 0 Å². The molecular weight excluding hydrogens is 246 g/mol. The Morgan fingerprint density at radius 2 is 1.60 bits per heavy atom. The molecule has 0 radical (unpaired) electrons. The minimum Gasteiger partial charge on any atom is -0.396 e. The Labute approximate surface area is 120 Å². The molecule has 1 aliphatic carbocycles. The molecule has 0 heterocycles. The molecule has 0 saturated carbocycles. The summed E-state index contributed by atoms with van der Waals surface area (Å²) in [6, 6.07) is 17.5. The van der Waals surface area contributed by atoms with E-state index in [0.29, 0.717) is 0 Å². The van der Waals surface area contributed by atoms with Crippen LogP contribution in [0.5, 0.6) is 0 Å². The molecule has 20 heavy (non-hydrogen) atoms. The summed E-state index contributed by atoms with van der Waals surface area (Å²) in [5, 5.41) is 12.8. The van der Waals surface area contributed by atoms with E-state index in [-0.39, 0.29) is 18.6 Å². The van der Waals surface area contributed by atoms with Gasteiger partial charge in [-0.2, -0.15) is 0 Å². The molecule has 104 valence electrons. The molecule has 1 unspecified atom stereocenters. The second-order valence-corrected chi connectivity index (χ2v) is 5.70. The van der Waals surface area contributed by atoms with Crippen molar-refractivity contribution in [3.8, 4) is 0 Å². The number of aliphatic hydroxyl groups is 1. The van der Waals surface area contributed by atoms with Crippen LogP contribution >= 0.6 is 0 Å². The highest BCUT2D eigenvalue weighted by Gasteiger charge is 2.24. The van der Waals surface area contributed by atoms with Gasteiger partial charge in [0.25, 0.3) is 0 Å². The van der Waals surface area contributed by atoms with Crippen molar-refractivity contribution < 1.29 is 5.11 Å². The van der Waals surface area contributed by atoms with E-state index in [9.17, 15) is 5.11 Å². The van der Waals surface area contributed by atoms with E-state index in [1.165, 1.54) is 22.3 Å². The van der Waals surface area contributed by atoms with Crippen LogP contribution in [-0.2, 0) is 6.42 Å². The normalized spacial score (nSPS) is 15.5. The molecule has 2 N–H and O–H groups in total. The molecule has 2 aromatic carbocycles. The van der Waals surface area contributed by atoms with Crippen molar-refractivity contribution >= 4 is 0 Å². The Kier molecular flexibility index (Phi) is 3.86. The van der Waals surface area contributed by atoms with Gasteiger partial charge in [0.2, 0.25) is 0 Å². The minimum absolute atomic E-state index is 0.225. The summed E-state index contributed by atoms with van der Waals surface area (Å²) in [6.07, 6.45) is 1.01. The third-order valence-corrected chi connectivity index (χ3v) is 4.10. The largest absolute Gasteiger partial charge is 0.396 e. The first-order valence-electron chi connectivity index (χ1n) is 7.29. The maximum Gasteiger partial charge on any atom is 0.0582 e. The first-order chi connectivity index (χ1) is 9.79. The molecule has 0 aromatic heterocycles. The van der Waals surface area contributed by atoms with Crippen LogP contribution in [0.4, 0.5) is 0 Å². The summed E-state index contributed by atoms with van der Waals surface area (Å²) in [6.45, 7) is 3.11. The van der Waals surface area contributed by atoms with Crippen molar-refractivity contribution in [1.29, 1.82) is 0 Å². The minimum atomic E-state index is 0.225. The molecule has 2 heteroatoms. The molecule has 2 aromatic rings. The molecular formula is C18H21NO. The number of nitrogens with one attached hydrogen (secondary N) is 1. The fourth-order valence-corrected chi connectivity index (χ4v) is 2.93. The van der Waals surface area contributed by atoms with E-state index in [0.717, 1.165) is 13.0 Å². The van der Waals surface area contributed by atoms with Gasteiger partial charge in [-0.15, -0.1) is 0 Å². The van der Waals surface area contributed by atoms with Gasteiger partial charge in [-0.05, 0) is 34.6 Å². The monoisotopic (exact) mass is 267 g/mol. The molecule has 2 nitrogen and oxygen atoms in total. The van der Waals surface area contributed by atoms with E-state index < -0.39 is 0 Å². The van der Waals surface area contributed by atoms with Crippen molar-refractivity contribution in [1.82, 2.24) is 5.32 Å². The lowest BCUT2D eigenvalue weighted by Crippen LogP contribution is -2.31. The summed E-state index contributed by atoms with van der Waals surface area (Å²) in [5.74, 6) is 0.274. The van der Waals surface area contributed by atoms with Gasteiger partial charge in [0, 0.05) is 13.2 Å². The summed E-state index contributed by atoms with van der Waals surface area (Å²) >= 11 is 0. The Hall–Kier alpha value is -1.64. The maximum absolute atomic E-state index is 9.21. The van der Waals surface area contributed by atoms with Crippen molar-refractivity contribution in [3.63, 3.8) is 0 Å². The highest BCUT2D eigenvalue weighted by atomic mass is 16.3. The first kappa shape index (κ1) is 13.3. The SMILES string of the molecule is CC(CO)CNC1c2ccccc2Cc2ccccc21. The van der Waals surface area contributed by atoms with E-state index in [4.69, 9.17) is 0 Å². The van der Waals surface area contributed by atoms with Gasteiger partial charge >= 0.3 is 0 Å². The first-order valence-corrected chi connectivity index (χ1v) is 7.29. The zero-order valence-electron chi connectivity index (χ0n) is 11.8. The Balaban J connectivity index is 1.95. The number of benzene rings is 2. The van der Waals surface area contributed by atoms with Gasteiger partial charge in [0.15, 0.2) is 0 Å². The van der Waals surface area contributed by atoms with Crippen LogP contribution in [0.15, 0.2) is 48.5 Å². The zero-order chi connectivity index (χ0) is 13.9. The number of hydrogen-bond acceptors (Lipinski definition) is 2. The smallest absolute Gasteiger partial charge is 0.0582 e. The van der Waals surface area contributed by atoms with Crippen LogP contribution in [0.3, 0.4) is 0 Å². The molecule has 1 atom stereocenters. The van der Waals surface area contributed by atoms with Crippen molar-refractivity contribution in [2.75, 3.05) is 13.2 Å². The summed E-state index contributed by atoms with van der Waals surface area (Å²) in [7, 11) is 0. The average Bonchev–Trinajstić information content (AvgIpc) is 2.51. The topological polar surface area (TPSA) is 32.3 Å². The predicted octanol–water partition coefficient (Wildman–Crippen LogP) is 2.90. The Morgan fingerprint density at radius 3 is 2.15 bits per heavy atom. The maximum atomic E-state index is 9.21. The average molecular weight is 267 g/mol.